The maximum Gasteiger partial charge on any atom is 0.174 e. The van der Waals surface area contributed by atoms with Crippen LogP contribution in [0.25, 0.3) is 5.69 Å². The Morgan fingerprint density at radius 2 is 1.59 bits per heavy atom. The summed E-state index contributed by atoms with van der Waals surface area (Å²) in [6.07, 6.45) is 1.85. The Balaban J connectivity index is 1.70. The van der Waals surface area contributed by atoms with E-state index >= 15 is 0 Å². The molecule has 0 spiro atoms. The van der Waals surface area contributed by atoms with E-state index in [0.717, 1.165) is 16.5 Å². The molecular weight excluding hydrogens is 436 g/mol. The Labute approximate surface area is 207 Å². The number of pyridine rings is 1. The Morgan fingerprint density at radius 1 is 0.853 bits per heavy atom. The van der Waals surface area contributed by atoms with E-state index in [-0.39, 0.29) is 12.1 Å². The van der Waals surface area contributed by atoms with Crippen molar-refractivity contribution in [1.29, 1.82) is 0 Å². The van der Waals surface area contributed by atoms with Crippen molar-refractivity contribution in [1.82, 2.24) is 14.9 Å². The maximum atomic E-state index is 5.90. The van der Waals surface area contributed by atoms with E-state index in [1.165, 1.54) is 39.3 Å². The standard InChI is InChI=1S/C29H30N4S/c1-18-10-13-23(14-11-18)33-28(27(31-29(33)34)25-8-6-7-15-30-25)24-17-21(4)32(22(24)5)26-16-19(2)9-12-20(26)3/h6-17,27-28H,1-5H3,(H,31,34)/t27-,28+/m0/s1. The van der Waals surface area contributed by atoms with Crippen LogP contribution >= 0.6 is 12.2 Å². The first kappa shape index (κ1) is 22.4. The quantitative estimate of drug-likeness (QED) is 0.344. The highest BCUT2D eigenvalue weighted by Gasteiger charge is 2.42. The molecule has 0 amide bonds. The van der Waals surface area contributed by atoms with Gasteiger partial charge in [0.05, 0.1) is 17.8 Å². The van der Waals surface area contributed by atoms with E-state index in [9.17, 15) is 0 Å². The number of anilines is 1. The number of aryl methyl sites for hydroxylation is 4. The van der Waals surface area contributed by atoms with Crippen LogP contribution in [-0.4, -0.2) is 14.7 Å². The van der Waals surface area contributed by atoms with Gasteiger partial charge in [-0.3, -0.25) is 4.98 Å². The zero-order valence-corrected chi connectivity index (χ0v) is 21.1. The molecule has 34 heavy (non-hydrogen) atoms. The molecule has 1 N–H and O–H groups in total. The van der Waals surface area contributed by atoms with Gasteiger partial charge in [0.2, 0.25) is 0 Å². The Hall–Kier alpha value is -3.44. The van der Waals surface area contributed by atoms with Crippen molar-refractivity contribution in [3.8, 4) is 5.69 Å². The minimum absolute atomic E-state index is 0.0184. The van der Waals surface area contributed by atoms with Crippen molar-refractivity contribution in [2.24, 2.45) is 0 Å². The third-order valence-corrected chi connectivity index (χ3v) is 7.12. The summed E-state index contributed by atoms with van der Waals surface area (Å²) in [6.45, 7) is 10.8. The summed E-state index contributed by atoms with van der Waals surface area (Å²) in [6, 6.07) is 23.5. The molecule has 4 aromatic rings. The Morgan fingerprint density at radius 3 is 2.29 bits per heavy atom. The third kappa shape index (κ3) is 3.80. The SMILES string of the molecule is Cc1ccc(N2C(=S)N[C@@H](c3ccccn3)[C@H]2c2cc(C)n(-c3cc(C)ccc3C)c2C)cc1. The second-order valence-corrected chi connectivity index (χ2v) is 9.67. The van der Waals surface area contributed by atoms with Crippen LogP contribution in [0.15, 0.2) is 72.9 Å². The Kier molecular flexibility index (Phi) is 5.74. The molecule has 5 heteroatoms. The number of nitrogens with one attached hydrogen (secondary N) is 1. The van der Waals surface area contributed by atoms with E-state index in [2.05, 4.69) is 104 Å². The average Bonchev–Trinajstić information content (AvgIpc) is 3.32. The third-order valence-electron chi connectivity index (χ3n) is 6.80. The second kappa shape index (κ2) is 8.73. The summed E-state index contributed by atoms with van der Waals surface area (Å²) >= 11 is 5.90. The molecule has 1 fully saturated rings. The van der Waals surface area contributed by atoms with Crippen LogP contribution in [0.3, 0.4) is 0 Å². The number of nitrogens with zero attached hydrogens (tertiary/aromatic N) is 3. The molecule has 3 heterocycles. The van der Waals surface area contributed by atoms with Gasteiger partial charge in [-0.1, -0.05) is 35.9 Å². The molecule has 1 aliphatic rings. The van der Waals surface area contributed by atoms with Crippen LogP contribution in [0.5, 0.6) is 0 Å². The highest BCUT2D eigenvalue weighted by Crippen LogP contribution is 2.43. The largest absolute Gasteiger partial charge is 0.351 e. The van der Waals surface area contributed by atoms with Crippen molar-refractivity contribution in [2.75, 3.05) is 4.90 Å². The van der Waals surface area contributed by atoms with E-state index < -0.39 is 0 Å². The highest BCUT2D eigenvalue weighted by molar-refractivity contribution is 7.80. The van der Waals surface area contributed by atoms with Crippen molar-refractivity contribution in [3.63, 3.8) is 0 Å². The molecule has 0 unspecified atom stereocenters. The summed E-state index contributed by atoms with van der Waals surface area (Å²) in [4.78, 5) is 6.95. The lowest BCUT2D eigenvalue weighted by atomic mass is 9.96. The summed E-state index contributed by atoms with van der Waals surface area (Å²) in [5.41, 5.74) is 10.7. The maximum absolute atomic E-state index is 5.90. The topological polar surface area (TPSA) is 33.1 Å². The fourth-order valence-corrected chi connectivity index (χ4v) is 5.42. The lowest BCUT2D eigenvalue weighted by molar-refractivity contribution is 0.565. The average molecular weight is 467 g/mol. The number of hydrogen-bond donors (Lipinski definition) is 1. The molecule has 5 rings (SSSR count). The van der Waals surface area contributed by atoms with Gasteiger partial charge in [-0.05, 0) is 99.9 Å². The van der Waals surface area contributed by atoms with Crippen LogP contribution in [0.4, 0.5) is 5.69 Å². The first-order chi connectivity index (χ1) is 16.3. The zero-order valence-electron chi connectivity index (χ0n) is 20.3. The van der Waals surface area contributed by atoms with E-state index in [1.807, 2.05) is 18.3 Å². The van der Waals surface area contributed by atoms with E-state index in [4.69, 9.17) is 17.2 Å². The van der Waals surface area contributed by atoms with Gasteiger partial charge in [-0.2, -0.15) is 0 Å². The molecule has 2 aromatic carbocycles. The molecule has 0 bridgehead atoms. The van der Waals surface area contributed by atoms with Gasteiger partial charge < -0.3 is 14.8 Å². The van der Waals surface area contributed by atoms with Crippen LogP contribution in [-0.2, 0) is 0 Å². The Bertz CT molecular complexity index is 1360. The normalized spacial score (nSPS) is 17.8. The number of thiocarbonyl (C=S) groups is 1. The van der Waals surface area contributed by atoms with Crippen molar-refractivity contribution < 1.29 is 0 Å². The second-order valence-electron chi connectivity index (χ2n) is 9.28. The molecule has 4 nitrogen and oxygen atoms in total. The number of benzene rings is 2. The molecule has 0 saturated carbocycles. The van der Waals surface area contributed by atoms with Gasteiger partial charge in [0.1, 0.15) is 0 Å². The summed E-state index contributed by atoms with van der Waals surface area (Å²) < 4.78 is 2.38. The van der Waals surface area contributed by atoms with Crippen LogP contribution in [0, 0.1) is 34.6 Å². The minimum atomic E-state index is -0.0532. The smallest absolute Gasteiger partial charge is 0.174 e. The lowest BCUT2D eigenvalue weighted by Gasteiger charge is -2.28. The fourth-order valence-electron chi connectivity index (χ4n) is 5.07. The molecule has 1 aliphatic heterocycles. The number of rotatable bonds is 4. The van der Waals surface area contributed by atoms with Crippen molar-refractivity contribution in [3.05, 3.63) is 112 Å². The first-order valence-electron chi connectivity index (χ1n) is 11.7. The van der Waals surface area contributed by atoms with Gasteiger partial charge in [-0.25, -0.2) is 0 Å². The fraction of sp³-hybridized carbons (Fsp3) is 0.241. The predicted octanol–water partition coefficient (Wildman–Crippen LogP) is 6.59. The number of aromatic nitrogens is 2. The van der Waals surface area contributed by atoms with Crippen LogP contribution < -0.4 is 10.2 Å². The van der Waals surface area contributed by atoms with Gasteiger partial charge >= 0.3 is 0 Å². The predicted molar refractivity (Wildman–Crippen MR) is 144 cm³/mol. The van der Waals surface area contributed by atoms with Gasteiger partial charge in [0.25, 0.3) is 0 Å². The van der Waals surface area contributed by atoms with Gasteiger partial charge in [0, 0.05) is 29.0 Å². The zero-order chi connectivity index (χ0) is 24.0. The lowest BCUT2D eigenvalue weighted by Crippen LogP contribution is -2.29. The summed E-state index contributed by atoms with van der Waals surface area (Å²) in [5, 5.41) is 4.31. The highest BCUT2D eigenvalue weighted by atomic mass is 32.1. The van der Waals surface area contributed by atoms with Crippen LogP contribution in [0.2, 0.25) is 0 Å². The van der Waals surface area contributed by atoms with Crippen LogP contribution in [0.1, 0.15) is 51.4 Å². The van der Waals surface area contributed by atoms with Crippen molar-refractivity contribution >= 4 is 23.0 Å². The summed E-state index contributed by atoms with van der Waals surface area (Å²) in [7, 11) is 0. The summed E-state index contributed by atoms with van der Waals surface area (Å²) in [5.74, 6) is 0. The monoisotopic (exact) mass is 466 g/mol. The molecule has 2 atom stereocenters. The first-order valence-corrected chi connectivity index (χ1v) is 12.1. The van der Waals surface area contributed by atoms with Gasteiger partial charge in [-0.15, -0.1) is 0 Å². The number of hydrogen-bond acceptors (Lipinski definition) is 2. The molecule has 0 aliphatic carbocycles. The molecule has 2 aromatic heterocycles. The van der Waals surface area contributed by atoms with Crippen molar-refractivity contribution in [2.45, 2.75) is 46.7 Å². The molecule has 1 saturated heterocycles. The minimum Gasteiger partial charge on any atom is -0.351 e. The molecular formula is C29H30N4S. The molecule has 0 radical (unpaired) electrons. The van der Waals surface area contributed by atoms with E-state index in [1.54, 1.807) is 0 Å². The molecule has 172 valence electrons. The van der Waals surface area contributed by atoms with E-state index in [0.29, 0.717) is 0 Å². The van der Waals surface area contributed by atoms with Gasteiger partial charge in [0.15, 0.2) is 5.11 Å².